The molecule has 102 valence electrons. The van der Waals surface area contributed by atoms with E-state index in [1.807, 2.05) is 5.32 Å². The first-order valence-corrected chi connectivity index (χ1v) is 4.90. The quantitative estimate of drug-likeness (QED) is 0.403. The fourth-order valence-electron chi connectivity index (χ4n) is 1.23. The summed E-state index contributed by atoms with van der Waals surface area (Å²) in [5.74, 6) is -4.29. The number of aromatic amines is 1. The van der Waals surface area contributed by atoms with Crippen LogP contribution < -0.4 is 5.32 Å². The topological polar surface area (TPSA) is 163 Å². The fraction of sp³-hybridized carbons (Fsp3) is 0.222. The number of nitro groups is 1. The lowest BCUT2D eigenvalue weighted by Gasteiger charge is -2.10. The third-order valence-corrected chi connectivity index (χ3v) is 2.09. The molecular weight excluding hydrogens is 262 g/mol. The molecule has 1 aromatic heterocycles. The number of carboxylic acids is 2. The lowest BCUT2D eigenvalue weighted by molar-refractivity contribution is -0.389. The molecule has 0 radical (unpaired) electrons. The van der Waals surface area contributed by atoms with E-state index in [0.717, 1.165) is 12.1 Å². The molecule has 1 aromatic rings. The van der Waals surface area contributed by atoms with Crippen LogP contribution in [0.3, 0.4) is 0 Å². The van der Waals surface area contributed by atoms with Gasteiger partial charge in [-0.2, -0.15) is 0 Å². The molecule has 0 aromatic carbocycles. The number of aliphatic carboxylic acids is 2. The minimum atomic E-state index is -1.62. The Morgan fingerprint density at radius 1 is 1.37 bits per heavy atom. The molecule has 0 fully saturated rings. The maximum absolute atomic E-state index is 11.6. The van der Waals surface area contributed by atoms with Crippen LogP contribution in [0.4, 0.5) is 5.82 Å². The average Bonchev–Trinajstić information content (AvgIpc) is 2.76. The van der Waals surface area contributed by atoms with Crippen molar-refractivity contribution in [1.29, 1.82) is 0 Å². The Hall–Kier alpha value is -2.91. The van der Waals surface area contributed by atoms with Crippen molar-refractivity contribution in [1.82, 2.24) is 10.3 Å². The van der Waals surface area contributed by atoms with Crippen molar-refractivity contribution < 1.29 is 29.5 Å². The Balaban J connectivity index is 2.78. The minimum Gasteiger partial charge on any atom is -0.481 e. The highest BCUT2D eigenvalue weighted by molar-refractivity contribution is 5.96. The molecule has 4 N–H and O–H groups in total. The molecule has 10 nitrogen and oxygen atoms in total. The van der Waals surface area contributed by atoms with Gasteiger partial charge in [-0.15, -0.1) is 0 Å². The van der Waals surface area contributed by atoms with Gasteiger partial charge in [-0.3, -0.25) is 9.59 Å². The smallest absolute Gasteiger partial charge is 0.326 e. The number of nitrogens with zero attached hydrogens (tertiary/aromatic N) is 1. The first-order valence-electron chi connectivity index (χ1n) is 4.90. The molecule has 0 aliphatic carbocycles. The van der Waals surface area contributed by atoms with E-state index in [4.69, 9.17) is 10.2 Å². The van der Waals surface area contributed by atoms with Gasteiger partial charge in [0.15, 0.2) is 5.69 Å². The highest BCUT2D eigenvalue weighted by Gasteiger charge is 2.25. The van der Waals surface area contributed by atoms with E-state index < -0.39 is 41.0 Å². The molecule has 0 spiro atoms. The number of carboxylic acid groups (broad SMARTS) is 2. The summed E-state index contributed by atoms with van der Waals surface area (Å²) in [6.07, 6.45) is -0.802. The summed E-state index contributed by atoms with van der Waals surface area (Å²) in [5, 5.41) is 29.5. The summed E-state index contributed by atoms with van der Waals surface area (Å²) < 4.78 is 0. The van der Waals surface area contributed by atoms with Crippen molar-refractivity contribution in [2.45, 2.75) is 12.5 Å². The number of aromatic nitrogens is 1. The molecule has 0 aliphatic rings. The third-order valence-electron chi connectivity index (χ3n) is 2.09. The van der Waals surface area contributed by atoms with Gasteiger partial charge in [-0.05, 0) is 11.0 Å². The largest absolute Gasteiger partial charge is 0.481 e. The summed E-state index contributed by atoms with van der Waals surface area (Å²) in [5.41, 5.74) is -0.233. The molecule has 0 bridgehead atoms. The highest BCUT2D eigenvalue weighted by Crippen LogP contribution is 2.10. The molecule has 0 saturated heterocycles. The van der Waals surface area contributed by atoms with Crippen LogP contribution >= 0.6 is 0 Å². The number of H-pyrrole nitrogens is 1. The number of hydrogen-bond donors (Lipinski definition) is 4. The maximum Gasteiger partial charge on any atom is 0.326 e. The maximum atomic E-state index is 11.6. The molecule has 10 heteroatoms. The lowest BCUT2D eigenvalue weighted by Crippen LogP contribution is -2.42. The van der Waals surface area contributed by atoms with Gasteiger partial charge in [-0.1, -0.05) is 0 Å². The van der Waals surface area contributed by atoms with Crippen molar-refractivity contribution in [3.05, 3.63) is 27.9 Å². The Kier molecular flexibility index (Phi) is 4.19. The van der Waals surface area contributed by atoms with Crippen LogP contribution in [0.25, 0.3) is 0 Å². The van der Waals surface area contributed by atoms with Crippen LogP contribution in [0.2, 0.25) is 0 Å². The van der Waals surface area contributed by atoms with Gasteiger partial charge < -0.3 is 25.6 Å². The average molecular weight is 271 g/mol. The Labute approximate surface area is 105 Å². The number of amides is 1. The minimum absolute atomic E-state index is 0.233. The summed E-state index contributed by atoms with van der Waals surface area (Å²) in [6, 6.07) is 0.502. The molecule has 1 heterocycles. The van der Waals surface area contributed by atoms with E-state index in [1.165, 1.54) is 0 Å². The van der Waals surface area contributed by atoms with Crippen molar-refractivity contribution in [2.24, 2.45) is 0 Å². The van der Waals surface area contributed by atoms with E-state index in [9.17, 15) is 24.5 Å². The summed E-state index contributed by atoms with van der Waals surface area (Å²) in [7, 11) is 0. The lowest BCUT2D eigenvalue weighted by atomic mass is 10.2. The molecule has 0 saturated carbocycles. The summed E-state index contributed by atoms with van der Waals surface area (Å²) >= 11 is 0. The Bertz CT molecular complexity index is 536. The Morgan fingerprint density at radius 3 is 2.42 bits per heavy atom. The second kappa shape index (κ2) is 5.62. The molecule has 1 amide bonds. The van der Waals surface area contributed by atoms with E-state index >= 15 is 0 Å². The van der Waals surface area contributed by atoms with Gasteiger partial charge in [0.2, 0.25) is 0 Å². The van der Waals surface area contributed by atoms with Crippen molar-refractivity contribution >= 4 is 23.7 Å². The summed E-state index contributed by atoms with van der Waals surface area (Å²) in [4.78, 5) is 44.5. The van der Waals surface area contributed by atoms with Crippen molar-refractivity contribution in [2.75, 3.05) is 0 Å². The van der Waals surface area contributed by atoms with Crippen molar-refractivity contribution in [3.8, 4) is 0 Å². The zero-order valence-electron chi connectivity index (χ0n) is 9.32. The normalized spacial score (nSPS) is 11.6. The predicted molar refractivity (Wildman–Crippen MR) is 58.6 cm³/mol. The molecule has 1 rings (SSSR count). The first-order chi connectivity index (χ1) is 8.81. The zero-order chi connectivity index (χ0) is 14.6. The van der Waals surface area contributed by atoms with Crippen LogP contribution in [0, 0.1) is 10.1 Å². The van der Waals surface area contributed by atoms with Gasteiger partial charge >= 0.3 is 17.8 Å². The number of hydrogen-bond acceptors (Lipinski definition) is 5. The first kappa shape index (κ1) is 14.2. The van der Waals surface area contributed by atoms with E-state index in [1.54, 1.807) is 0 Å². The van der Waals surface area contributed by atoms with Gasteiger partial charge in [0.1, 0.15) is 6.04 Å². The number of carbonyl (C=O) groups is 3. The van der Waals surface area contributed by atoms with Crippen molar-refractivity contribution in [3.63, 3.8) is 0 Å². The number of carbonyl (C=O) groups excluding carboxylic acids is 1. The zero-order valence-corrected chi connectivity index (χ0v) is 9.32. The van der Waals surface area contributed by atoms with E-state index in [2.05, 4.69) is 4.98 Å². The molecule has 19 heavy (non-hydrogen) atoms. The highest BCUT2D eigenvalue weighted by atomic mass is 16.6. The molecule has 1 atom stereocenters. The molecule has 0 aliphatic heterocycles. The molecular formula is C9H9N3O7. The number of rotatable bonds is 6. The second-order valence-corrected chi connectivity index (χ2v) is 3.48. The second-order valence-electron chi connectivity index (χ2n) is 3.48. The van der Waals surface area contributed by atoms with Crippen LogP contribution in [0.5, 0.6) is 0 Å². The number of nitrogens with one attached hydrogen (secondary N) is 2. The van der Waals surface area contributed by atoms with Gasteiger partial charge in [0.05, 0.1) is 6.42 Å². The van der Waals surface area contributed by atoms with Crippen LogP contribution in [-0.4, -0.2) is 44.0 Å². The monoisotopic (exact) mass is 271 g/mol. The standard InChI is InChI=1S/C9H9N3O7/c13-7(14)3-5(9(16)17)11-8(15)4-1-2-6(10-4)12(18)19/h1-2,5,10H,3H2,(H,11,15)(H,13,14)(H,16,17)/t5-/m1/s1. The molecule has 0 unspecified atom stereocenters. The van der Waals surface area contributed by atoms with Crippen LogP contribution in [0.1, 0.15) is 16.9 Å². The SMILES string of the molecule is O=C(O)C[C@@H](NC(=O)c1ccc([N+](=O)[O-])[nH]1)C(=O)O. The predicted octanol–water partition coefficient (Wildman–Crippen LogP) is -0.419. The van der Waals surface area contributed by atoms with Crippen LogP contribution in [0.15, 0.2) is 12.1 Å². The van der Waals surface area contributed by atoms with Gasteiger partial charge in [0.25, 0.3) is 5.91 Å². The third kappa shape index (κ3) is 3.80. The van der Waals surface area contributed by atoms with E-state index in [0.29, 0.717) is 0 Å². The fourth-order valence-corrected chi connectivity index (χ4v) is 1.23. The van der Waals surface area contributed by atoms with E-state index in [-0.39, 0.29) is 5.69 Å². The Morgan fingerprint density at radius 2 is 2.00 bits per heavy atom. The van der Waals surface area contributed by atoms with Crippen LogP contribution in [-0.2, 0) is 9.59 Å². The van der Waals surface area contributed by atoms with Gasteiger partial charge in [-0.25, -0.2) is 9.78 Å². The van der Waals surface area contributed by atoms with Gasteiger partial charge in [0, 0.05) is 6.07 Å². The summed E-state index contributed by atoms with van der Waals surface area (Å²) in [6.45, 7) is 0.